The van der Waals surface area contributed by atoms with Gasteiger partial charge in [-0.05, 0) is 51.2 Å². The lowest BCUT2D eigenvalue weighted by atomic mass is 9.77. The van der Waals surface area contributed by atoms with Crippen molar-refractivity contribution in [3.8, 4) is 5.75 Å². The molecule has 29 heavy (non-hydrogen) atoms. The van der Waals surface area contributed by atoms with E-state index >= 15 is 0 Å². The van der Waals surface area contributed by atoms with Crippen molar-refractivity contribution in [2.45, 2.75) is 64.2 Å². The molecule has 1 aromatic rings. The summed E-state index contributed by atoms with van der Waals surface area (Å²) >= 11 is 0. The molecule has 2 saturated heterocycles. The maximum atomic E-state index is 12.6. The predicted molar refractivity (Wildman–Crippen MR) is 109 cm³/mol. The topological polar surface area (TPSA) is 88.1 Å². The van der Waals surface area contributed by atoms with E-state index in [4.69, 9.17) is 9.47 Å². The highest BCUT2D eigenvalue weighted by Gasteiger charge is 2.49. The normalized spacial score (nSPS) is 26.2. The fraction of sp³-hybridized carbons (Fsp3) is 0.636. The Morgan fingerprint density at radius 1 is 1.28 bits per heavy atom. The first-order valence-electron chi connectivity index (χ1n) is 10.2. The minimum atomic E-state index is -1.09. The van der Waals surface area contributed by atoms with Crippen molar-refractivity contribution in [1.29, 1.82) is 0 Å². The number of aryl methyl sites for hydroxylation is 2. The van der Waals surface area contributed by atoms with Crippen molar-refractivity contribution in [3.05, 3.63) is 29.3 Å². The van der Waals surface area contributed by atoms with Crippen molar-refractivity contribution < 1.29 is 24.2 Å². The summed E-state index contributed by atoms with van der Waals surface area (Å²) in [6, 6.07) is 5.55. The lowest BCUT2D eigenvalue weighted by Crippen LogP contribution is -2.64. The van der Waals surface area contributed by atoms with Gasteiger partial charge >= 0.3 is 0 Å². The van der Waals surface area contributed by atoms with Gasteiger partial charge in [-0.2, -0.15) is 0 Å². The Morgan fingerprint density at radius 3 is 2.48 bits per heavy atom. The standard InChI is InChI=1S/C22H32N2O5/c1-15-6-5-7-16(2)20(15)28-13-19(26)24-10-8-22(9-11-24)12-18(23-17(3)25)21(4,27)14-29-22/h5-7,18,27H,8-14H2,1-4H3,(H,23,25)/t18-,21-/m0/s1. The number of amides is 2. The predicted octanol–water partition coefficient (Wildman–Crippen LogP) is 1.72. The van der Waals surface area contributed by atoms with Crippen LogP contribution in [0.1, 0.15) is 44.2 Å². The smallest absolute Gasteiger partial charge is 0.260 e. The van der Waals surface area contributed by atoms with Crippen LogP contribution in [0.4, 0.5) is 0 Å². The largest absolute Gasteiger partial charge is 0.483 e. The minimum absolute atomic E-state index is 0.0166. The molecule has 2 atom stereocenters. The van der Waals surface area contributed by atoms with Gasteiger partial charge in [0.2, 0.25) is 5.91 Å². The van der Waals surface area contributed by atoms with E-state index in [-0.39, 0.29) is 31.1 Å². The lowest BCUT2D eigenvalue weighted by molar-refractivity contribution is -0.194. The monoisotopic (exact) mass is 404 g/mol. The molecule has 0 bridgehead atoms. The van der Waals surface area contributed by atoms with Crippen LogP contribution in [0.3, 0.4) is 0 Å². The number of ether oxygens (including phenoxy) is 2. The number of carbonyl (C=O) groups excluding carboxylic acids is 2. The van der Waals surface area contributed by atoms with E-state index in [9.17, 15) is 14.7 Å². The Bertz CT molecular complexity index is 748. The van der Waals surface area contributed by atoms with Gasteiger partial charge in [0.15, 0.2) is 6.61 Å². The van der Waals surface area contributed by atoms with E-state index < -0.39 is 11.2 Å². The molecule has 160 valence electrons. The zero-order valence-corrected chi connectivity index (χ0v) is 17.8. The SMILES string of the molecule is CC(=O)N[C@H]1CC2(CCN(C(=O)COc3c(C)cccc3C)CC2)OC[C@]1(C)O. The van der Waals surface area contributed by atoms with Gasteiger partial charge in [-0.1, -0.05) is 18.2 Å². The summed E-state index contributed by atoms with van der Waals surface area (Å²) < 4.78 is 11.9. The van der Waals surface area contributed by atoms with E-state index in [0.29, 0.717) is 32.4 Å². The molecule has 0 aliphatic carbocycles. The van der Waals surface area contributed by atoms with Crippen LogP contribution in [-0.4, -0.2) is 65.4 Å². The number of benzene rings is 1. The Morgan fingerprint density at radius 2 is 1.90 bits per heavy atom. The summed E-state index contributed by atoms with van der Waals surface area (Å²) in [5.74, 6) is 0.567. The molecule has 2 aliphatic heterocycles. The van der Waals surface area contributed by atoms with E-state index in [2.05, 4.69) is 5.32 Å². The molecular weight excluding hydrogens is 372 g/mol. The molecule has 2 amide bonds. The molecule has 1 spiro atoms. The number of carbonyl (C=O) groups is 2. The van der Waals surface area contributed by atoms with E-state index in [0.717, 1.165) is 16.9 Å². The van der Waals surface area contributed by atoms with Gasteiger partial charge in [-0.3, -0.25) is 9.59 Å². The summed E-state index contributed by atoms with van der Waals surface area (Å²) in [4.78, 5) is 26.0. The van der Waals surface area contributed by atoms with Crippen LogP contribution in [-0.2, 0) is 14.3 Å². The molecule has 2 fully saturated rings. The molecule has 0 saturated carbocycles. The van der Waals surface area contributed by atoms with E-state index in [1.165, 1.54) is 6.92 Å². The molecule has 2 aliphatic rings. The van der Waals surface area contributed by atoms with Crippen molar-refractivity contribution in [2.24, 2.45) is 0 Å². The molecule has 2 N–H and O–H groups in total. The number of piperidine rings is 1. The number of likely N-dealkylation sites (tertiary alicyclic amines) is 1. The molecule has 2 heterocycles. The second-order valence-electron chi connectivity index (χ2n) is 8.68. The van der Waals surface area contributed by atoms with Gasteiger partial charge in [-0.25, -0.2) is 0 Å². The molecular formula is C22H32N2O5. The molecule has 0 unspecified atom stereocenters. The van der Waals surface area contributed by atoms with Crippen molar-refractivity contribution in [3.63, 3.8) is 0 Å². The molecule has 0 aromatic heterocycles. The summed E-state index contributed by atoms with van der Waals surface area (Å²) in [5, 5.41) is 13.4. The molecule has 7 nitrogen and oxygen atoms in total. The van der Waals surface area contributed by atoms with Gasteiger partial charge < -0.3 is 24.8 Å². The molecule has 7 heteroatoms. The third kappa shape index (κ3) is 4.90. The fourth-order valence-electron chi connectivity index (χ4n) is 4.27. The van der Waals surface area contributed by atoms with Gasteiger partial charge in [0.25, 0.3) is 5.91 Å². The highest BCUT2D eigenvalue weighted by molar-refractivity contribution is 5.78. The van der Waals surface area contributed by atoms with Crippen LogP contribution in [0, 0.1) is 13.8 Å². The number of nitrogens with zero attached hydrogens (tertiary/aromatic N) is 1. The Balaban J connectivity index is 1.55. The number of para-hydroxylation sites is 1. The van der Waals surface area contributed by atoms with Crippen molar-refractivity contribution >= 4 is 11.8 Å². The minimum Gasteiger partial charge on any atom is -0.483 e. The first-order valence-corrected chi connectivity index (χ1v) is 10.2. The van der Waals surface area contributed by atoms with Crippen LogP contribution in [0.5, 0.6) is 5.75 Å². The van der Waals surface area contributed by atoms with Crippen molar-refractivity contribution in [2.75, 3.05) is 26.3 Å². The van der Waals surface area contributed by atoms with E-state index in [1.54, 1.807) is 6.92 Å². The molecule has 1 aromatic carbocycles. The Kier molecular flexibility index (Phi) is 6.19. The summed E-state index contributed by atoms with van der Waals surface area (Å²) in [6.07, 6.45) is 1.89. The number of rotatable bonds is 4. The Labute approximate surface area is 172 Å². The number of hydrogen-bond donors (Lipinski definition) is 2. The third-order valence-corrected chi connectivity index (χ3v) is 6.15. The van der Waals surface area contributed by atoms with Gasteiger partial charge in [0.1, 0.15) is 11.4 Å². The van der Waals surface area contributed by atoms with Crippen LogP contribution in [0.25, 0.3) is 0 Å². The summed E-state index contributed by atoms with van der Waals surface area (Å²) in [7, 11) is 0. The Hall–Kier alpha value is -2.12. The van der Waals surface area contributed by atoms with Gasteiger partial charge in [0, 0.05) is 20.0 Å². The average Bonchev–Trinajstić information content (AvgIpc) is 2.65. The maximum Gasteiger partial charge on any atom is 0.260 e. The first kappa shape index (κ1) is 21.6. The van der Waals surface area contributed by atoms with Crippen LogP contribution in [0.15, 0.2) is 18.2 Å². The van der Waals surface area contributed by atoms with Gasteiger partial charge in [0.05, 0.1) is 18.2 Å². The number of hydrogen-bond acceptors (Lipinski definition) is 5. The fourth-order valence-corrected chi connectivity index (χ4v) is 4.27. The highest BCUT2D eigenvalue weighted by Crippen LogP contribution is 2.38. The zero-order chi connectivity index (χ0) is 21.2. The quantitative estimate of drug-likeness (QED) is 0.798. The number of nitrogens with one attached hydrogen (secondary N) is 1. The second kappa shape index (κ2) is 8.32. The second-order valence-corrected chi connectivity index (χ2v) is 8.68. The zero-order valence-electron chi connectivity index (χ0n) is 17.8. The van der Waals surface area contributed by atoms with Gasteiger partial charge in [-0.15, -0.1) is 0 Å². The molecule has 3 rings (SSSR count). The summed E-state index contributed by atoms with van der Waals surface area (Å²) in [6.45, 7) is 8.41. The molecule has 0 radical (unpaired) electrons. The van der Waals surface area contributed by atoms with Crippen LogP contribution < -0.4 is 10.1 Å². The van der Waals surface area contributed by atoms with Crippen molar-refractivity contribution in [1.82, 2.24) is 10.2 Å². The lowest BCUT2D eigenvalue weighted by Gasteiger charge is -2.50. The van der Waals surface area contributed by atoms with Crippen LogP contribution >= 0.6 is 0 Å². The van der Waals surface area contributed by atoms with Crippen LogP contribution in [0.2, 0.25) is 0 Å². The van der Waals surface area contributed by atoms with E-state index in [1.807, 2.05) is 36.9 Å². The number of aliphatic hydroxyl groups is 1. The third-order valence-electron chi connectivity index (χ3n) is 6.15. The first-order chi connectivity index (χ1) is 13.6. The maximum absolute atomic E-state index is 12.6. The average molecular weight is 405 g/mol. The summed E-state index contributed by atoms with van der Waals surface area (Å²) in [5.41, 5.74) is 0.520. The highest BCUT2D eigenvalue weighted by atomic mass is 16.5.